The Balaban J connectivity index is 1.76. The van der Waals surface area contributed by atoms with Crippen LogP contribution in [-0.2, 0) is 4.79 Å². The third-order valence-electron chi connectivity index (χ3n) is 3.14. The molecule has 0 radical (unpaired) electrons. The van der Waals surface area contributed by atoms with Crippen molar-refractivity contribution < 1.29 is 19.2 Å². The maximum absolute atomic E-state index is 12.0. The number of nitrogens with zero attached hydrogens (tertiary/aromatic N) is 1. The van der Waals surface area contributed by atoms with Crippen molar-refractivity contribution in [1.29, 1.82) is 0 Å². The van der Waals surface area contributed by atoms with Gasteiger partial charge in [0.1, 0.15) is 5.75 Å². The first-order valence-corrected chi connectivity index (χ1v) is 8.65. The Labute approximate surface area is 174 Å². The fourth-order valence-electron chi connectivity index (χ4n) is 1.86. The minimum absolute atomic E-state index is 0.0984. The van der Waals surface area contributed by atoms with Gasteiger partial charge in [-0.1, -0.05) is 23.2 Å². The van der Waals surface area contributed by atoms with E-state index in [1.54, 1.807) is 0 Å². The Bertz CT molecular complexity index is 924. The molecule has 2 rings (SSSR count). The average Bonchev–Trinajstić information content (AvgIpc) is 2.64. The van der Waals surface area contributed by atoms with Crippen molar-refractivity contribution in [2.45, 2.75) is 0 Å². The van der Waals surface area contributed by atoms with E-state index in [1.807, 2.05) is 0 Å². The smallest absolute Gasteiger partial charge is 0.271 e. The lowest BCUT2D eigenvalue weighted by Gasteiger charge is -2.12. The summed E-state index contributed by atoms with van der Waals surface area (Å²) in [4.78, 5) is 33.8. The molecular weight excluding hydrogens is 431 g/mol. The molecule has 0 heterocycles. The molecule has 0 aliphatic carbocycles. The van der Waals surface area contributed by atoms with Gasteiger partial charge in [-0.3, -0.25) is 35.9 Å². The standard InChI is InChI=1S/C16H12Cl2N4O5S/c17-9-1-6-12(13(18)7-9)15(24)20-21-16(28)19-14(23)8-27-11-4-2-10(3-5-11)22(25)26/h1-7H,8H2,(H,20,24)(H2,19,21,23,28). The average molecular weight is 443 g/mol. The SMILES string of the molecule is O=C(COc1ccc([N+](=O)[O-])cc1)NC(=S)NNC(=O)c1ccc(Cl)cc1Cl. The molecule has 0 bridgehead atoms. The van der Waals surface area contributed by atoms with E-state index in [4.69, 9.17) is 40.2 Å². The van der Waals surface area contributed by atoms with Crippen LogP contribution in [0.25, 0.3) is 0 Å². The zero-order valence-electron chi connectivity index (χ0n) is 13.9. The second-order valence-electron chi connectivity index (χ2n) is 5.12. The lowest BCUT2D eigenvalue weighted by Crippen LogP contribution is -2.49. The Morgan fingerprint density at radius 1 is 1.11 bits per heavy atom. The van der Waals surface area contributed by atoms with Crippen molar-refractivity contribution in [3.63, 3.8) is 0 Å². The highest BCUT2D eigenvalue weighted by atomic mass is 35.5. The van der Waals surface area contributed by atoms with E-state index in [0.29, 0.717) is 5.02 Å². The Morgan fingerprint density at radius 3 is 2.39 bits per heavy atom. The second-order valence-corrected chi connectivity index (χ2v) is 6.37. The van der Waals surface area contributed by atoms with E-state index in [-0.39, 0.29) is 27.1 Å². The van der Waals surface area contributed by atoms with Gasteiger partial charge < -0.3 is 4.74 Å². The molecule has 0 saturated heterocycles. The highest BCUT2D eigenvalue weighted by Crippen LogP contribution is 2.20. The van der Waals surface area contributed by atoms with Crippen LogP contribution in [0.15, 0.2) is 42.5 Å². The van der Waals surface area contributed by atoms with Crippen LogP contribution in [0.3, 0.4) is 0 Å². The van der Waals surface area contributed by atoms with E-state index < -0.39 is 23.3 Å². The van der Waals surface area contributed by atoms with Gasteiger partial charge in [0.15, 0.2) is 11.7 Å². The number of rotatable bonds is 5. The number of halogens is 2. The first-order valence-electron chi connectivity index (χ1n) is 7.48. The third-order valence-corrected chi connectivity index (χ3v) is 3.89. The summed E-state index contributed by atoms with van der Waals surface area (Å²) in [6.45, 7) is -0.392. The first kappa shape index (κ1) is 21.4. The number of amides is 2. The van der Waals surface area contributed by atoms with Crippen LogP contribution < -0.4 is 20.9 Å². The lowest BCUT2D eigenvalue weighted by atomic mass is 10.2. The van der Waals surface area contributed by atoms with Crippen LogP contribution in [0.1, 0.15) is 10.4 Å². The third kappa shape index (κ3) is 6.34. The Hall–Kier alpha value is -2.95. The van der Waals surface area contributed by atoms with E-state index in [2.05, 4.69) is 16.2 Å². The number of thiocarbonyl (C=S) groups is 1. The predicted octanol–water partition coefficient (Wildman–Crippen LogP) is 2.62. The van der Waals surface area contributed by atoms with Crippen LogP contribution in [-0.4, -0.2) is 28.5 Å². The molecule has 28 heavy (non-hydrogen) atoms. The number of nitro benzene ring substituents is 1. The normalized spacial score (nSPS) is 9.93. The van der Waals surface area contributed by atoms with Gasteiger partial charge in [0, 0.05) is 17.2 Å². The summed E-state index contributed by atoms with van der Waals surface area (Å²) in [5, 5.41) is 13.2. The molecule has 3 N–H and O–H groups in total. The van der Waals surface area contributed by atoms with Gasteiger partial charge in [0.25, 0.3) is 17.5 Å². The maximum Gasteiger partial charge on any atom is 0.271 e. The minimum atomic E-state index is -0.602. The molecule has 12 heteroatoms. The minimum Gasteiger partial charge on any atom is -0.484 e. The van der Waals surface area contributed by atoms with Gasteiger partial charge >= 0.3 is 0 Å². The highest BCUT2D eigenvalue weighted by Gasteiger charge is 2.12. The van der Waals surface area contributed by atoms with Crippen LogP contribution >= 0.6 is 35.4 Å². The number of benzene rings is 2. The Kier molecular flexibility index (Phi) is 7.50. The van der Waals surface area contributed by atoms with E-state index >= 15 is 0 Å². The lowest BCUT2D eigenvalue weighted by molar-refractivity contribution is -0.384. The molecule has 2 aromatic carbocycles. The monoisotopic (exact) mass is 442 g/mol. The van der Waals surface area contributed by atoms with E-state index in [1.165, 1.54) is 42.5 Å². The molecule has 9 nitrogen and oxygen atoms in total. The van der Waals surface area contributed by atoms with Gasteiger partial charge in [-0.05, 0) is 42.5 Å². The molecule has 2 aromatic rings. The summed E-state index contributed by atoms with van der Waals surface area (Å²) in [6, 6.07) is 9.55. The molecule has 0 aromatic heterocycles. The fourth-order valence-corrected chi connectivity index (χ4v) is 2.52. The van der Waals surface area contributed by atoms with Crippen molar-refractivity contribution in [3.8, 4) is 5.75 Å². The van der Waals surface area contributed by atoms with Crippen molar-refractivity contribution in [2.75, 3.05) is 6.61 Å². The van der Waals surface area contributed by atoms with Gasteiger partial charge in [0.05, 0.1) is 15.5 Å². The molecule has 0 unspecified atom stereocenters. The predicted molar refractivity (Wildman–Crippen MR) is 106 cm³/mol. The quantitative estimate of drug-likeness (QED) is 0.369. The highest BCUT2D eigenvalue weighted by molar-refractivity contribution is 7.80. The van der Waals surface area contributed by atoms with Gasteiger partial charge in [-0.15, -0.1) is 0 Å². The zero-order chi connectivity index (χ0) is 20.7. The largest absolute Gasteiger partial charge is 0.484 e. The number of ether oxygens (including phenoxy) is 1. The molecule has 0 atom stereocenters. The molecular formula is C16H12Cl2N4O5S. The second kappa shape index (κ2) is 9.83. The van der Waals surface area contributed by atoms with Crippen molar-refractivity contribution in [3.05, 3.63) is 68.2 Å². The summed E-state index contributed by atoms with van der Waals surface area (Å²) >= 11 is 16.6. The summed E-state index contributed by atoms with van der Waals surface area (Å²) in [6.07, 6.45) is 0. The Morgan fingerprint density at radius 2 is 1.79 bits per heavy atom. The maximum atomic E-state index is 12.0. The molecule has 0 saturated carbocycles. The number of hydrogen-bond donors (Lipinski definition) is 3. The summed E-state index contributed by atoms with van der Waals surface area (Å²) < 4.78 is 5.19. The van der Waals surface area contributed by atoms with Crippen molar-refractivity contribution >= 4 is 58.0 Å². The van der Waals surface area contributed by atoms with Gasteiger partial charge in [-0.2, -0.15) is 0 Å². The van der Waals surface area contributed by atoms with Crippen molar-refractivity contribution in [2.24, 2.45) is 0 Å². The van der Waals surface area contributed by atoms with Gasteiger partial charge in [0.2, 0.25) is 0 Å². The summed E-state index contributed by atoms with van der Waals surface area (Å²) in [5.41, 5.74) is 4.69. The summed E-state index contributed by atoms with van der Waals surface area (Å²) in [5.74, 6) is -0.916. The van der Waals surface area contributed by atoms with Crippen molar-refractivity contribution in [1.82, 2.24) is 16.2 Å². The number of hydrogen-bond acceptors (Lipinski definition) is 6. The number of non-ortho nitro benzene ring substituents is 1. The number of nitro groups is 1. The molecule has 0 aliphatic rings. The zero-order valence-corrected chi connectivity index (χ0v) is 16.2. The van der Waals surface area contributed by atoms with Crippen LogP contribution in [0.2, 0.25) is 10.0 Å². The number of nitrogens with one attached hydrogen (secondary N) is 3. The van der Waals surface area contributed by atoms with E-state index in [0.717, 1.165) is 0 Å². The molecule has 2 amide bonds. The van der Waals surface area contributed by atoms with Crippen LogP contribution in [0.4, 0.5) is 5.69 Å². The molecule has 146 valence electrons. The number of hydrazine groups is 1. The van der Waals surface area contributed by atoms with Gasteiger partial charge in [-0.25, -0.2) is 0 Å². The first-order chi connectivity index (χ1) is 13.3. The topological polar surface area (TPSA) is 123 Å². The fraction of sp³-hybridized carbons (Fsp3) is 0.0625. The number of carbonyl (C=O) groups is 2. The summed E-state index contributed by atoms with van der Waals surface area (Å²) in [7, 11) is 0. The van der Waals surface area contributed by atoms with Crippen LogP contribution in [0.5, 0.6) is 5.75 Å². The molecule has 0 spiro atoms. The molecule has 0 fully saturated rings. The van der Waals surface area contributed by atoms with Crippen LogP contribution in [0, 0.1) is 10.1 Å². The number of carbonyl (C=O) groups excluding carboxylic acids is 2. The van der Waals surface area contributed by atoms with E-state index in [9.17, 15) is 19.7 Å². The molecule has 0 aliphatic heterocycles.